The van der Waals surface area contributed by atoms with Gasteiger partial charge < -0.3 is 24.8 Å². The van der Waals surface area contributed by atoms with Gasteiger partial charge in [0.25, 0.3) is 5.91 Å². The topological polar surface area (TPSA) is 104 Å². The Hall–Kier alpha value is -3.56. The lowest BCUT2D eigenvalue weighted by Gasteiger charge is -2.11. The molecule has 0 bridgehead atoms. The first kappa shape index (κ1) is 23.6. The van der Waals surface area contributed by atoms with Gasteiger partial charge in [0.1, 0.15) is 11.9 Å². The number of ether oxygens (including phenoxy) is 3. The molecule has 10 heteroatoms. The zero-order valence-electron chi connectivity index (χ0n) is 19.3. The molecule has 4 rings (SSSR count). The second-order valence-corrected chi connectivity index (χ2v) is 8.27. The van der Waals surface area contributed by atoms with Crippen molar-refractivity contribution in [2.75, 3.05) is 32.0 Å². The molecule has 1 aliphatic heterocycles. The van der Waals surface area contributed by atoms with E-state index in [0.29, 0.717) is 39.3 Å². The number of amides is 2. The van der Waals surface area contributed by atoms with Crippen LogP contribution in [0.3, 0.4) is 0 Å². The Morgan fingerprint density at radius 2 is 1.91 bits per heavy atom. The van der Waals surface area contributed by atoms with Crippen LogP contribution in [0, 0.1) is 6.92 Å². The summed E-state index contributed by atoms with van der Waals surface area (Å²) in [5.41, 5.74) is 3.55. The van der Waals surface area contributed by atoms with Gasteiger partial charge in [-0.1, -0.05) is 23.7 Å². The van der Waals surface area contributed by atoms with Gasteiger partial charge in [0, 0.05) is 7.11 Å². The largest absolute Gasteiger partial charge is 0.493 e. The first-order chi connectivity index (χ1) is 16.4. The van der Waals surface area contributed by atoms with E-state index < -0.39 is 6.04 Å². The molecule has 0 radical (unpaired) electrons. The number of carbonyl (C=O) groups is 2. The number of fused-ring (bicyclic) bond motifs is 1. The first-order valence-corrected chi connectivity index (χ1v) is 10.9. The molecule has 2 aromatic carbocycles. The van der Waals surface area contributed by atoms with E-state index in [9.17, 15) is 9.59 Å². The van der Waals surface area contributed by atoms with Crippen LogP contribution in [0.1, 0.15) is 23.7 Å². The van der Waals surface area contributed by atoms with Crippen LogP contribution < -0.4 is 20.1 Å². The van der Waals surface area contributed by atoms with Gasteiger partial charge in [-0.2, -0.15) is 5.10 Å². The van der Waals surface area contributed by atoms with Gasteiger partial charge in [-0.3, -0.25) is 9.59 Å². The number of methoxy groups -OCH3 is 3. The highest BCUT2D eigenvalue weighted by Gasteiger charge is 2.37. The molecule has 0 aliphatic carbocycles. The van der Waals surface area contributed by atoms with E-state index in [2.05, 4.69) is 15.7 Å². The zero-order valence-corrected chi connectivity index (χ0v) is 20.0. The van der Waals surface area contributed by atoms with Crippen LogP contribution in [0.15, 0.2) is 36.4 Å². The summed E-state index contributed by atoms with van der Waals surface area (Å²) in [6, 6.07) is 9.96. The van der Waals surface area contributed by atoms with Crippen molar-refractivity contribution in [2.24, 2.45) is 0 Å². The maximum Gasteiger partial charge on any atom is 0.251 e. The van der Waals surface area contributed by atoms with Gasteiger partial charge in [-0.25, -0.2) is 4.68 Å². The molecule has 1 atom stereocenters. The first-order valence-electron chi connectivity index (χ1n) is 10.6. The van der Waals surface area contributed by atoms with Crippen LogP contribution in [-0.2, 0) is 20.9 Å². The predicted octanol–water partition coefficient (Wildman–Crippen LogP) is 4.20. The molecule has 2 amide bonds. The van der Waals surface area contributed by atoms with Crippen LogP contribution in [-0.4, -0.2) is 42.9 Å². The highest BCUT2D eigenvalue weighted by atomic mass is 35.5. The van der Waals surface area contributed by atoms with Crippen LogP contribution in [0.25, 0.3) is 11.1 Å². The van der Waals surface area contributed by atoms with E-state index in [4.69, 9.17) is 25.8 Å². The number of carbonyl (C=O) groups excluding carboxylic acids is 2. The quantitative estimate of drug-likeness (QED) is 0.496. The van der Waals surface area contributed by atoms with Crippen LogP contribution in [0.5, 0.6) is 11.5 Å². The normalized spacial score (nSPS) is 14.5. The summed E-state index contributed by atoms with van der Waals surface area (Å²) in [6.45, 7) is 2.13. The smallest absolute Gasteiger partial charge is 0.251 e. The van der Waals surface area contributed by atoms with Crippen LogP contribution in [0.2, 0.25) is 5.02 Å². The Balaban J connectivity index is 1.65. The molecule has 0 spiro atoms. The lowest BCUT2D eigenvalue weighted by Crippen LogP contribution is -2.24. The summed E-state index contributed by atoms with van der Waals surface area (Å²) in [4.78, 5) is 25.6. The van der Waals surface area contributed by atoms with E-state index in [1.165, 1.54) is 0 Å². The van der Waals surface area contributed by atoms with Gasteiger partial charge in [0.15, 0.2) is 11.5 Å². The van der Waals surface area contributed by atoms with Crippen molar-refractivity contribution in [1.29, 1.82) is 0 Å². The number of benzene rings is 2. The van der Waals surface area contributed by atoms with E-state index in [1.54, 1.807) is 50.3 Å². The van der Waals surface area contributed by atoms with E-state index in [0.717, 1.165) is 11.1 Å². The Labute approximate surface area is 201 Å². The van der Waals surface area contributed by atoms with Crippen LogP contribution in [0.4, 0.5) is 11.5 Å². The molecule has 2 N–H and O–H groups in total. The Kier molecular flexibility index (Phi) is 6.76. The number of nitrogens with zero attached hydrogens (tertiary/aromatic N) is 2. The minimum Gasteiger partial charge on any atom is -0.493 e. The zero-order chi connectivity index (χ0) is 24.4. The Bertz CT molecular complexity index is 1260. The lowest BCUT2D eigenvalue weighted by atomic mass is 10.0. The number of rotatable bonds is 8. The Morgan fingerprint density at radius 1 is 1.15 bits per heavy atom. The SMILES string of the molecule is COCc1nn2c(c1-c1ccc(OC)c(OC)c1)NC(=O)C2CC(=O)Nc1ccc(C)cc1Cl. The molecule has 0 saturated carbocycles. The molecule has 3 aromatic rings. The minimum atomic E-state index is -0.816. The van der Waals surface area contributed by atoms with Gasteiger partial charge in [0.05, 0.1) is 49.2 Å². The van der Waals surface area contributed by atoms with E-state index >= 15 is 0 Å². The summed E-state index contributed by atoms with van der Waals surface area (Å²) < 4.78 is 17.6. The second kappa shape index (κ2) is 9.74. The number of aromatic nitrogens is 2. The highest BCUT2D eigenvalue weighted by molar-refractivity contribution is 6.33. The molecule has 1 aliphatic rings. The average Bonchev–Trinajstić information content (AvgIpc) is 3.30. The standard InChI is InChI=1S/C24H25ClN4O5/c1-13-5-7-16(15(25)9-13)26-21(30)11-18-24(31)27-23-22(17(12-32-2)28-29(18)23)14-6-8-19(33-3)20(10-14)34-4/h5-10,18H,11-12H2,1-4H3,(H,26,30)(H,27,31). The lowest BCUT2D eigenvalue weighted by molar-refractivity contribution is -0.123. The fourth-order valence-electron chi connectivity index (χ4n) is 3.95. The average molecular weight is 485 g/mol. The molecular formula is C24H25ClN4O5. The number of aryl methyl sites for hydroxylation is 1. The van der Waals surface area contributed by atoms with Crippen molar-refractivity contribution >= 4 is 34.9 Å². The molecule has 0 saturated heterocycles. The number of hydrogen-bond donors (Lipinski definition) is 2. The van der Waals surface area contributed by atoms with Gasteiger partial charge in [-0.15, -0.1) is 0 Å². The third-order valence-electron chi connectivity index (χ3n) is 5.55. The molecular weight excluding hydrogens is 460 g/mol. The predicted molar refractivity (Wildman–Crippen MR) is 129 cm³/mol. The fourth-order valence-corrected chi connectivity index (χ4v) is 4.23. The third-order valence-corrected chi connectivity index (χ3v) is 5.87. The summed E-state index contributed by atoms with van der Waals surface area (Å²) in [5, 5.41) is 10.7. The second-order valence-electron chi connectivity index (χ2n) is 7.86. The molecule has 0 fully saturated rings. The summed E-state index contributed by atoms with van der Waals surface area (Å²) in [6.07, 6.45) is -0.109. The van der Waals surface area contributed by atoms with E-state index in [-0.39, 0.29) is 24.8 Å². The number of hydrogen-bond acceptors (Lipinski definition) is 6. The van der Waals surface area contributed by atoms with Crippen molar-refractivity contribution < 1.29 is 23.8 Å². The molecule has 1 aromatic heterocycles. The highest BCUT2D eigenvalue weighted by Crippen LogP contribution is 2.41. The van der Waals surface area contributed by atoms with E-state index in [1.807, 2.05) is 19.1 Å². The van der Waals surface area contributed by atoms with Gasteiger partial charge >= 0.3 is 0 Å². The maximum absolute atomic E-state index is 12.8. The maximum atomic E-state index is 12.8. The summed E-state index contributed by atoms with van der Waals surface area (Å²) in [7, 11) is 4.68. The molecule has 1 unspecified atom stereocenters. The summed E-state index contributed by atoms with van der Waals surface area (Å²) >= 11 is 6.23. The van der Waals surface area contributed by atoms with Gasteiger partial charge in [0.2, 0.25) is 5.91 Å². The molecule has 2 heterocycles. The third kappa shape index (κ3) is 4.44. The molecule has 34 heavy (non-hydrogen) atoms. The Morgan fingerprint density at radius 3 is 2.59 bits per heavy atom. The number of halogens is 1. The van der Waals surface area contributed by atoms with Crippen molar-refractivity contribution in [3.8, 4) is 22.6 Å². The number of nitrogens with one attached hydrogen (secondary N) is 2. The molecule has 178 valence electrons. The molecule has 9 nitrogen and oxygen atoms in total. The van der Waals surface area contributed by atoms with Crippen LogP contribution >= 0.6 is 11.6 Å². The minimum absolute atomic E-state index is 0.109. The summed E-state index contributed by atoms with van der Waals surface area (Å²) in [5.74, 6) is 0.944. The van der Waals surface area contributed by atoms with Gasteiger partial charge in [-0.05, 0) is 42.3 Å². The van der Waals surface area contributed by atoms with Crippen molar-refractivity contribution in [3.05, 3.63) is 52.7 Å². The van der Waals surface area contributed by atoms with Crippen molar-refractivity contribution in [1.82, 2.24) is 9.78 Å². The number of anilines is 2. The van der Waals surface area contributed by atoms with Crippen molar-refractivity contribution in [2.45, 2.75) is 26.0 Å². The van der Waals surface area contributed by atoms with Crippen molar-refractivity contribution in [3.63, 3.8) is 0 Å². The fraction of sp³-hybridized carbons (Fsp3) is 0.292. The monoisotopic (exact) mass is 484 g/mol.